The van der Waals surface area contributed by atoms with Gasteiger partial charge in [-0.25, -0.2) is 0 Å². The van der Waals surface area contributed by atoms with E-state index in [1.807, 2.05) is 0 Å². The first kappa shape index (κ1) is 8.98. The SMILES string of the molecule is c1ccc2c(c1)ccn2CC1CCOC1. The van der Waals surface area contributed by atoms with Gasteiger partial charge in [0.25, 0.3) is 0 Å². The molecule has 0 radical (unpaired) electrons. The van der Waals surface area contributed by atoms with Crippen LogP contribution >= 0.6 is 0 Å². The molecule has 2 aromatic rings. The third-order valence-electron chi connectivity index (χ3n) is 3.16. The normalized spacial score (nSPS) is 21.2. The zero-order valence-electron chi connectivity index (χ0n) is 8.73. The van der Waals surface area contributed by atoms with Crippen molar-refractivity contribution in [2.24, 2.45) is 5.92 Å². The van der Waals surface area contributed by atoms with Gasteiger partial charge in [-0.3, -0.25) is 0 Å². The lowest BCUT2D eigenvalue weighted by molar-refractivity contribution is 0.183. The Balaban J connectivity index is 1.90. The van der Waals surface area contributed by atoms with Crippen LogP contribution in [0, 0.1) is 5.92 Å². The van der Waals surface area contributed by atoms with Crippen molar-refractivity contribution in [1.29, 1.82) is 0 Å². The van der Waals surface area contributed by atoms with E-state index in [1.54, 1.807) is 0 Å². The third-order valence-corrected chi connectivity index (χ3v) is 3.16. The van der Waals surface area contributed by atoms with E-state index >= 15 is 0 Å². The Bertz CT molecular complexity index is 454. The van der Waals surface area contributed by atoms with Crippen LogP contribution in [-0.2, 0) is 11.3 Å². The van der Waals surface area contributed by atoms with Crippen LogP contribution in [0.1, 0.15) is 6.42 Å². The minimum atomic E-state index is 0.695. The number of para-hydroxylation sites is 1. The predicted octanol–water partition coefficient (Wildman–Crippen LogP) is 2.68. The van der Waals surface area contributed by atoms with Gasteiger partial charge in [0.1, 0.15) is 0 Å². The molecule has 1 aliphatic heterocycles. The quantitative estimate of drug-likeness (QED) is 0.728. The van der Waals surface area contributed by atoms with Gasteiger partial charge in [-0.15, -0.1) is 0 Å². The molecule has 0 spiro atoms. The molecular formula is C13H15NO. The molecule has 2 heterocycles. The van der Waals surface area contributed by atoms with E-state index in [2.05, 4.69) is 41.1 Å². The van der Waals surface area contributed by atoms with Gasteiger partial charge in [0, 0.05) is 30.8 Å². The highest BCUT2D eigenvalue weighted by atomic mass is 16.5. The summed E-state index contributed by atoms with van der Waals surface area (Å²) >= 11 is 0. The summed E-state index contributed by atoms with van der Waals surface area (Å²) in [6.07, 6.45) is 3.38. The van der Waals surface area contributed by atoms with Gasteiger partial charge in [-0.05, 0) is 23.9 Å². The lowest BCUT2D eigenvalue weighted by atomic mass is 10.1. The molecule has 0 amide bonds. The molecule has 1 aromatic carbocycles. The second kappa shape index (κ2) is 3.70. The molecule has 1 aromatic heterocycles. The molecule has 78 valence electrons. The van der Waals surface area contributed by atoms with Crippen molar-refractivity contribution < 1.29 is 4.74 Å². The summed E-state index contributed by atoms with van der Waals surface area (Å²) in [7, 11) is 0. The molecular weight excluding hydrogens is 186 g/mol. The van der Waals surface area contributed by atoms with E-state index in [-0.39, 0.29) is 0 Å². The summed E-state index contributed by atoms with van der Waals surface area (Å²) in [5.41, 5.74) is 1.34. The first-order chi connectivity index (χ1) is 7.43. The van der Waals surface area contributed by atoms with Crippen LogP contribution in [0.3, 0.4) is 0 Å². The zero-order chi connectivity index (χ0) is 10.1. The maximum absolute atomic E-state index is 5.40. The molecule has 15 heavy (non-hydrogen) atoms. The summed E-state index contributed by atoms with van der Waals surface area (Å²) in [4.78, 5) is 0. The van der Waals surface area contributed by atoms with Crippen LogP contribution in [0.25, 0.3) is 10.9 Å². The molecule has 2 nitrogen and oxygen atoms in total. The Morgan fingerprint density at radius 1 is 1.27 bits per heavy atom. The van der Waals surface area contributed by atoms with Crippen molar-refractivity contribution in [2.75, 3.05) is 13.2 Å². The highest BCUT2D eigenvalue weighted by molar-refractivity contribution is 5.79. The maximum Gasteiger partial charge on any atom is 0.0512 e. The Kier molecular flexibility index (Phi) is 2.22. The van der Waals surface area contributed by atoms with Crippen molar-refractivity contribution in [3.8, 4) is 0 Å². The second-order valence-electron chi connectivity index (χ2n) is 4.26. The molecule has 1 aliphatic rings. The summed E-state index contributed by atoms with van der Waals surface area (Å²) < 4.78 is 7.75. The molecule has 0 N–H and O–H groups in total. The van der Waals surface area contributed by atoms with Crippen LogP contribution in [0.4, 0.5) is 0 Å². The minimum Gasteiger partial charge on any atom is -0.381 e. The Hall–Kier alpha value is -1.28. The van der Waals surface area contributed by atoms with E-state index in [0.717, 1.165) is 19.8 Å². The topological polar surface area (TPSA) is 14.2 Å². The van der Waals surface area contributed by atoms with Gasteiger partial charge in [0.2, 0.25) is 0 Å². The van der Waals surface area contributed by atoms with Crippen LogP contribution < -0.4 is 0 Å². The van der Waals surface area contributed by atoms with Gasteiger partial charge < -0.3 is 9.30 Å². The number of hydrogen-bond acceptors (Lipinski definition) is 1. The summed E-state index contributed by atoms with van der Waals surface area (Å²) in [5, 5.41) is 1.33. The van der Waals surface area contributed by atoms with Crippen molar-refractivity contribution in [1.82, 2.24) is 4.57 Å². The molecule has 0 bridgehead atoms. The van der Waals surface area contributed by atoms with Gasteiger partial charge in [0.15, 0.2) is 0 Å². The molecule has 0 aliphatic carbocycles. The number of benzene rings is 1. The summed E-state index contributed by atoms with van der Waals surface area (Å²) in [5.74, 6) is 0.695. The number of ether oxygens (including phenoxy) is 1. The maximum atomic E-state index is 5.40. The molecule has 1 saturated heterocycles. The highest BCUT2D eigenvalue weighted by Gasteiger charge is 2.16. The largest absolute Gasteiger partial charge is 0.381 e. The fourth-order valence-electron chi connectivity index (χ4n) is 2.31. The average molecular weight is 201 g/mol. The molecule has 1 unspecified atom stereocenters. The van der Waals surface area contributed by atoms with E-state index in [1.165, 1.54) is 17.3 Å². The Labute approximate surface area is 89.5 Å². The Morgan fingerprint density at radius 3 is 3.07 bits per heavy atom. The van der Waals surface area contributed by atoms with Crippen LogP contribution in [0.15, 0.2) is 36.5 Å². The van der Waals surface area contributed by atoms with Gasteiger partial charge in [-0.1, -0.05) is 18.2 Å². The second-order valence-corrected chi connectivity index (χ2v) is 4.26. The minimum absolute atomic E-state index is 0.695. The van der Waals surface area contributed by atoms with Gasteiger partial charge in [0.05, 0.1) is 6.61 Å². The van der Waals surface area contributed by atoms with E-state index < -0.39 is 0 Å². The lowest BCUT2D eigenvalue weighted by Crippen LogP contribution is -2.09. The smallest absolute Gasteiger partial charge is 0.0512 e. The first-order valence-electron chi connectivity index (χ1n) is 5.55. The lowest BCUT2D eigenvalue weighted by Gasteiger charge is -2.10. The Morgan fingerprint density at radius 2 is 2.20 bits per heavy atom. The average Bonchev–Trinajstić information content (AvgIpc) is 2.89. The van der Waals surface area contributed by atoms with Crippen molar-refractivity contribution in [3.05, 3.63) is 36.5 Å². The molecule has 1 fully saturated rings. The molecule has 3 rings (SSSR count). The summed E-state index contributed by atoms with van der Waals surface area (Å²) in [6.45, 7) is 2.95. The number of hydrogen-bond donors (Lipinski definition) is 0. The summed E-state index contributed by atoms with van der Waals surface area (Å²) in [6, 6.07) is 10.7. The van der Waals surface area contributed by atoms with E-state index in [0.29, 0.717) is 5.92 Å². The fourth-order valence-corrected chi connectivity index (χ4v) is 2.31. The molecule has 1 atom stereocenters. The van der Waals surface area contributed by atoms with Crippen molar-refractivity contribution >= 4 is 10.9 Å². The van der Waals surface area contributed by atoms with Crippen molar-refractivity contribution in [3.63, 3.8) is 0 Å². The first-order valence-corrected chi connectivity index (χ1v) is 5.55. The molecule has 2 heteroatoms. The standard InChI is InChI=1S/C13H15NO/c1-2-4-13-12(3-1)5-7-14(13)9-11-6-8-15-10-11/h1-5,7,11H,6,8-10H2. The van der Waals surface area contributed by atoms with Crippen molar-refractivity contribution in [2.45, 2.75) is 13.0 Å². The monoisotopic (exact) mass is 201 g/mol. The third kappa shape index (κ3) is 1.65. The number of aromatic nitrogens is 1. The van der Waals surface area contributed by atoms with Crippen LogP contribution in [-0.4, -0.2) is 17.8 Å². The molecule has 0 saturated carbocycles. The van der Waals surface area contributed by atoms with Gasteiger partial charge >= 0.3 is 0 Å². The van der Waals surface area contributed by atoms with Crippen LogP contribution in [0.2, 0.25) is 0 Å². The fraction of sp³-hybridized carbons (Fsp3) is 0.385. The van der Waals surface area contributed by atoms with E-state index in [4.69, 9.17) is 4.74 Å². The number of fused-ring (bicyclic) bond motifs is 1. The number of rotatable bonds is 2. The predicted molar refractivity (Wildman–Crippen MR) is 60.9 cm³/mol. The highest BCUT2D eigenvalue weighted by Crippen LogP contribution is 2.20. The van der Waals surface area contributed by atoms with Gasteiger partial charge in [-0.2, -0.15) is 0 Å². The zero-order valence-corrected chi connectivity index (χ0v) is 8.73. The van der Waals surface area contributed by atoms with Crippen LogP contribution in [0.5, 0.6) is 0 Å². The van der Waals surface area contributed by atoms with E-state index in [9.17, 15) is 0 Å². The number of nitrogens with zero attached hydrogens (tertiary/aromatic N) is 1.